The molecule has 4 N–H and O–H groups in total. The van der Waals surface area contributed by atoms with Crippen LogP contribution in [0.15, 0.2) is 53.4 Å². The van der Waals surface area contributed by atoms with Gasteiger partial charge in [-0.15, -0.1) is 0 Å². The summed E-state index contributed by atoms with van der Waals surface area (Å²) in [7, 11) is 0.270. The SMILES string of the molecule is CN(C)Cc1ccc(CNC(=O)c2ccc(S(N)(=O)=O)cc2)cc1.O=C(O)C(F)(F)F. The number of halogens is 3. The molecule has 170 valence electrons. The van der Waals surface area contributed by atoms with Crippen LogP contribution in [0, 0.1) is 0 Å². The molecule has 0 spiro atoms. The van der Waals surface area contributed by atoms with Crippen LogP contribution in [0.2, 0.25) is 0 Å². The summed E-state index contributed by atoms with van der Waals surface area (Å²) in [5.41, 5.74) is 2.58. The molecule has 0 saturated carbocycles. The van der Waals surface area contributed by atoms with Gasteiger partial charge >= 0.3 is 12.1 Å². The fourth-order valence-corrected chi connectivity index (χ4v) is 2.72. The van der Waals surface area contributed by atoms with E-state index in [0.29, 0.717) is 12.1 Å². The lowest BCUT2D eigenvalue weighted by Gasteiger charge is -2.10. The van der Waals surface area contributed by atoms with Crippen molar-refractivity contribution < 1.29 is 36.3 Å². The minimum Gasteiger partial charge on any atom is -0.475 e. The molecule has 2 aromatic rings. The van der Waals surface area contributed by atoms with Crippen LogP contribution in [0.3, 0.4) is 0 Å². The number of nitrogens with one attached hydrogen (secondary N) is 1. The highest BCUT2D eigenvalue weighted by atomic mass is 32.2. The first kappa shape index (κ1) is 26.1. The number of hydrogen-bond donors (Lipinski definition) is 3. The lowest BCUT2D eigenvalue weighted by Crippen LogP contribution is -2.23. The van der Waals surface area contributed by atoms with Gasteiger partial charge in [-0.2, -0.15) is 13.2 Å². The Bertz CT molecular complexity index is 990. The highest BCUT2D eigenvalue weighted by molar-refractivity contribution is 7.89. The Morgan fingerprint density at radius 3 is 1.84 bits per heavy atom. The van der Waals surface area contributed by atoms with Crippen LogP contribution >= 0.6 is 0 Å². The zero-order valence-electron chi connectivity index (χ0n) is 16.7. The van der Waals surface area contributed by atoms with Crippen molar-refractivity contribution in [1.82, 2.24) is 10.2 Å². The summed E-state index contributed by atoms with van der Waals surface area (Å²) in [5, 5.41) is 15.0. The van der Waals surface area contributed by atoms with Crippen LogP contribution in [0.5, 0.6) is 0 Å². The summed E-state index contributed by atoms with van der Waals surface area (Å²) in [6, 6.07) is 13.5. The van der Waals surface area contributed by atoms with Crippen LogP contribution in [0.1, 0.15) is 21.5 Å². The number of nitrogens with zero attached hydrogens (tertiary/aromatic N) is 1. The molecule has 0 aliphatic carbocycles. The van der Waals surface area contributed by atoms with Crippen molar-refractivity contribution in [1.29, 1.82) is 0 Å². The fourth-order valence-electron chi connectivity index (χ4n) is 2.21. The van der Waals surface area contributed by atoms with Crippen molar-refractivity contribution in [2.24, 2.45) is 5.14 Å². The number of carbonyl (C=O) groups is 2. The number of primary sulfonamides is 1. The van der Waals surface area contributed by atoms with Gasteiger partial charge in [0.2, 0.25) is 10.0 Å². The summed E-state index contributed by atoms with van der Waals surface area (Å²) >= 11 is 0. The third-order valence-electron chi connectivity index (χ3n) is 3.66. The van der Waals surface area contributed by atoms with E-state index in [1.807, 2.05) is 38.4 Å². The maximum Gasteiger partial charge on any atom is 0.490 e. The van der Waals surface area contributed by atoms with Crippen LogP contribution in [-0.2, 0) is 27.9 Å². The Labute approximate surface area is 177 Å². The van der Waals surface area contributed by atoms with Crippen molar-refractivity contribution in [2.45, 2.75) is 24.2 Å². The molecule has 0 atom stereocenters. The minimum atomic E-state index is -5.08. The summed E-state index contributed by atoms with van der Waals surface area (Å²) in [6.07, 6.45) is -5.08. The summed E-state index contributed by atoms with van der Waals surface area (Å²) in [5.74, 6) is -3.03. The molecular weight excluding hydrogens is 439 g/mol. The first-order chi connectivity index (χ1) is 14.2. The molecule has 2 aromatic carbocycles. The number of aliphatic carboxylic acids is 1. The Balaban J connectivity index is 0.000000592. The molecule has 8 nitrogen and oxygen atoms in total. The number of amides is 1. The smallest absolute Gasteiger partial charge is 0.475 e. The maximum atomic E-state index is 12.1. The molecule has 0 radical (unpaired) electrons. The number of rotatable bonds is 6. The molecule has 0 bridgehead atoms. The third kappa shape index (κ3) is 9.59. The summed E-state index contributed by atoms with van der Waals surface area (Å²) in [4.78, 5) is 23.1. The number of benzene rings is 2. The largest absolute Gasteiger partial charge is 0.490 e. The molecule has 0 fully saturated rings. The Morgan fingerprint density at radius 1 is 1.00 bits per heavy atom. The second kappa shape index (κ2) is 10.9. The van der Waals surface area contributed by atoms with E-state index in [4.69, 9.17) is 15.0 Å². The number of carboxylic acid groups (broad SMARTS) is 1. The quantitative estimate of drug-likeness (QED) is 0.603. The van der Waals surface area contributed by atoms with E-state index in [2.05, 4.69) is 10.2 Å². The van der Waals surface area contributed by atoms with Gasteiger partial charge in [0.1, 0.15) is 0 Å². The molecule has 0 heterocycles. The highest BCUT2D eigenvalue weighted by Crippen LogP contribution is 2.13. The molecular formula is C19H22F3N3O5S. The second-order valence-electron chi connectivity index (χ2n) is 6.61. The molecule has 12 heteroatoms. The van der Waals surface area contributed by atoms with Gasteiger partial charge in [-0.05, 0) is 49.5 Å². The van der Waals surface area contributed by atoms with E-state index in [0.717, 1.165) is 12.1 Å². The molecule has 31 heavy (non-hydrogen) atoms. The molecule has 1 amide bonds. The number of alkyl halides is 3. The van der Waals surface area contributed by atoms with Gasteiger partial charge in [-0.25, -0.2) is 18.4 Å². The molecule has 0 unspecified atom stereocenters. The summed E-state index contributed by atoms with van der Waals surface area (Å²) < 4.78 is 54.1. The fraction of sp³-hybridized carbons (Fsp3) is 0.263. The van der Waals surface area contributed by atoms with Gasteiger partial charge < -0.3 is 15.3 Å². The zero-order valence-corrected chi connectivity index (χ0v) is 17.5. The number of carboxylic acids is 1. The van der Waals surface area contributed by atoms with Gasteiger partial charge in [-0.1, -0.05) is 24.3 Å². The normalized spacial score (nSPS) is 11.5. The van der Waals surface area contributed by atoms with E-state index in [1.54, 1.807) is 0 Å². The Hall–Kier alpha value is -2.96. The third-order valence-corrected chi connectivity index (χ3v) is 4.59. The molecule has 2 rings (SSSR count). The standard InChI is InChI=1S/C17H21N3O3S.C2HF3O2/c1-20(2)12-14-5-3-13(4-6-14)11-19-17(21)15-7-9-16(10-8-15)24(18,22)23;3-2(4,5)1(6)7/h3-10H,11-12H2,1-2H3,(H,19,21)(H2,18,22,23);(H,6,7). The van der Waals surface area contributed by atoms with Crippen molar-refractivity contribution in [3.05, 3.63) is 65.2 Å². The Morgan fingerprint density at radius 2 is 1.45 bits per heavy atom. The number of hydrogen-bond acceptors (Lipinski definition) is 5. The van der Waals surface area contributed by atoms with Gasteiger partial charge in [0.05, 0.1) is 4.90 Å². The van der Waals surface area contributed by atoms with Crippen molar-refractivity contribution in [2.75, 3.05) is 14.1 Å². The first-order valence-electron chi connectivity index (χ1n) is 8.64. The van der Waals surface area contributed by atoms with Crippen molar-refractivity contribution in [3.8, 4) is 0 Å². The van der Waals surface area contributed by atoms with Crippen molar-refractivity contribution >= 4 is 21.9 Å². The summed E-state index contributed by atoms with van der Waals surface area (Å²) in [6.45, 7) is 1.26. The zero-order chi connectivity index (χ0) is 23.8. The number of sulfonamides is 1. The highest BCUT2D eigenvalue weighted by Gasteiger charge is 2.38. The molecule has 0 aliphatic rings. The van der Waals surface area contributed by atoms with E-state index in [-0.39, 0.29) is 10.8 Å². The first-order valence-corrected chi connectivity index (χ1v) is 10.2. The topological polar surface area (TPSA) is 130 Å². The van der Waals surface area contributed by atoms with E-state index >= 15 is 0 Å². The monoisotopic (exact) mass is 461 g/mol. The van der Waals surface area contributed by atoms with Crippen LogP contribution in [0.25, 0.3) is 0 Å². The average molecular weight is 461 g/mol. The van der Waals surface area contributed by atoms with Crippen LogP contribution in [-0.4, -0.2) is 50.6 Å². The van der Waals surface area contributed by atoms with Gasteiger partial charge in [0.15, 0.2) is 0 Å². The molecule has 0 saturated heterocycles. The van der Waals surface area contributed by atoms with Gasteiger partial charge in [0.25, 0.3) is 5.91 Å². The van der Waals surface area contributed by atoms with Gasteiger partial charge in [0, 0.05) is 18.7 Å². The van der Waals surface area contributed by atoms with Gasteiger partial charge in [-0.3, -0.25) is 4.79 Å². The average Bonchev–Trinajstić information content (AvgIpc) is 2.66. The van der Waals surface area contributed by atoms with Crippen LogP contribution < -0.4 is 10.5 Å². The predicted molar refractivity (Wildman–Crippen MR) is 107 cm³/mol. The second-order valence-corrected chi connectivity index (χ2v) is 8.17. The Kier molecular flexibility index (Phi) is 9.16. The van der Waals surface area contributed by atoms with E-state index < -0.39 is 22.2 Å². The molecule has 0 aliphatic heterocycles. The predicted octanol–water partition coefficient (Wildman–Crippen LogP) is 1.96. The minimum absolute atomic E-state index is 0.0180. The number of nitrogens with two attached hydrogens (primary N) is 1. The van der Waals surface area contributed by atoms with Crippen molar-refractivity contribution in [3.63, 3.8) is 0 Å². The molecule has 0 aromatic heterocycles. The lowest BCUT2D eigenvalue weighted by atomic mass is 10.1. The maximum absolute atomic E-state index is 12.1. The lowest BCUT2D eigenvalue weighted by molar-refractivity contribution is -0.192. The van der Waals surface area contributed by atoms with E-state index in [1.165, 1.54) is 29.8 Å². The number of carbonyl (C=O) groups excluding carboxylic acids is 1. The van der Waals surface area contributed by atoms with E-state index in [9.17, 15) is 26.4 Å². The van der Waals surface area contributed by atoms with Crippen LogP contribution in [0.4, 0.5) is 13.2 Å².